The number of nitrogens with zero attached hydrogens (tertiary/aromatic N) is 2. The molecule has 1 saturated carbocycles. The second kappa shape index (κ2) is 8.16. The van der Waals surface area contributed by atoms with Crippen LogP contribution in [0.4, 0.5) is 11.5 Å². The quantitative estimate of drug-likeness (QED) is 0.533. The highest BCUT2D eigenvalue weighted by Gasteiger charge is 2.39. The van der Waals surface area contributed by atoms with Crippen molar-refractivity contribution in [2.45, 2.75) is 45.1 Å². The van der Waals surface area contributed by atoms with Gasteiger partial charge in [-0.15, -0.1) is 11.3 Å². The predicted octanol–water partition coefficient (Wildman–Crippen LogP) is 5.03. The maximum Gasteiger partial charge on any atom is 0.306 e. The van der Waals surface area contributed by atoms with Crippen molar-refractivity contribution in [3.63, 3.8) is 0 Å². The lowest BCUT2D eigenvalue weighted by Gasteiger charge is -2.32. The zero-order chi connectivity index (χ0) is 21.3. The van der Waals surface area contributed by atoms with Crippen LogP contribution in [0.2, 0.25) is 0 Å². The first-order valence-corrected chi connectivity index (χ1v) is 10.9. The van der Waals surface area contributed by atoms with Gasteiger partial charge >= 0.3 is 5.97 Å². The SMILES string of the molecule is Cc1cc(Nc2cc(C)ccn2)cc(-c2cnc([C@]3(O)CC[C@H](C(=O)O)CC3)s2)c1. The summed E-state index contributed by atoms with van der Waals surface area (Å²) in [6, 6.07) is 10.2. The summed E-state index contributed by atoms with van der Waals surface area (Å²) in [5.74, 6) is -0.355. The van der Waals surface area contributed by atoms with Gasteiger partial charge in [0.25, 0.3) is 0 Å². The van der Waals surface area contributed by atoms with Crippen molar-refractivity contribution >= 4 is 28.8 Å². The lowest BCUT2D eigenvalue weighted by molar-refractivity contribution is -0.145. The van der Waals surface area contributed by atoms with Crippen molar-refractivity contribution in [1.82, 2.24) is 9.97 Å². The first-order valence-electron chi connectivity index (χ1n) is 10.1. The maximum atomic E-state index is 11.2. The molecule has 0 atom stereocenters. The zero-order valence-corrected chi connectivity index (χ0v) is 17.9. The molecule has 1 aromatic carbocycles. The fraction of sp³-hybridized carbons (Fsp3) is 0.348. The fourth-order valence-corrected chi connectivity index (χ4v) is 4.98. The Morgan fingerprint density at radius 3 is 2.60 bits per heavy atom. The molecule has 1 aliphatic carbocycles. The molecule has 1 fully saturated rings. The highest BCUT2D eigenvalue weighted by Crippen LogP contribution is 2.43. The van der Waals surface area contributed by atoms with Crippen LogP contribution in [0.3, 0.4) is 0 Å². The maximum absolute atomic E-state index is 11.2. The summed E-state index contributed by atoms with van der Waals surface area (Å²) in [4.78, 5) is 21.0. The molecule has 0 radical (unpaired) electrons. The number of hydrogen-bond acceptors (Lipinski definition) is 6. The summed E-state index contributed by atoms with van der Waals surface area (Å²) in [5, 5.41) is 24.3. The number of aliphatic hydroxyl groups is 1. The number of aryl methyl sites for hydroxylation is 2. The monoisotopic (exact) mass is 423 g/mol. The number of nitrogens with one attached hydrogen (secondary N) is 1. The molecule has 3 N–H and O–H groups in total. The minimum atomic E-state index is -1.04. The summed E-state index contributed by atoms with van der Waals surface area (Å²) in [7, 11) is 0. The topological polar surface area (TPSA) is 95.3 Å². The first-order chi connectivity index (χ1) is 14.3. The van der Waals surface area contributed by atoms with E-state index in [4.69, 9.17) is 0 Å². The van der Waals surface area contributed by atoms with Crippen molar-refractivity contribution in [2.75, 3.05) is 5.32 Å². The number of aliphatic carboxylic acids is 1. The number of rotatable bonds is 5. The van der Waals surface area contributed by atoms with Gasteiger partial charge in [-0.3, -0.25) is 4.79 Å². The summed E-state index contributed by atoms with van der Waals surface area (Å²) in [6.45, 7) is 4.07. The van der Waals surface area contributed by atoms with Crippen LogP contribution >= 0.6 is 11.3 Å². The van der Waals surface area contributed by atoms with Crippen LogP contribution in [0.15, 0.2) is 42.7 Å². The molecule has 0 aliphatic heterocycles. The second-order valence-corrected chi connectivity index (χ2v) is 9.14. The Bertz CT molecular complexity index is 1070. The van der Waals surface area contributed by atoms with Crippen LogP contribution in [0, 0.1) is 19.8 Å². The van der Waals surface area contributed by atoms with Gasteiger partial charge in [0, 0.05) is 18.1 Å². The molecular weight excluding hydrogens is 398 g/mol. The highest BCUT2D eigenvalue weighted by atomic mass is 32.1. The number of benzene rings is 1. The Labute approximate surface area is 179 Å². The number of hydrogen-bond donors (Lipinski definition) is 3. The van der Waals surface area contributed by atoms with Gasteiger partial charge in [0.1, 0.15) is 16.4 Å². The molecule has 2 heterocycles. The molecule has 6 nitrogen and oxygen atoms in total. The number of carboxylic acid groups (broad SMARTS) is 1. The van der Waals surface area contributed by atoms with E-state index in [1.54, 1.807) is 12.4 Å². The number of carboxylic acids is 1. The second-order valence-electron chi connectivity index (χ2n) is 8.10. The standard InChI is InChI=1S/C23H25N3O3S/c1-14-5-8-24-20(11-14)26-18-10-15(2)9-17(12-18)19-13-25-22(30-19)23(29)6-3-16(4-7-23)21(27)28/h5,8-13,16,29H,3-4,6-7H2,1-2H3,(H,24,26)(H,27,28)/t16-,23-. The van der Waals surface area contributed by atoms with Crippen LogP contribution in [0.25, 0.3) is 10.4 Å². The van der Waals surface area contributed by atoms with Gasteiger partial charge in [0.2, 0.25) is 0 Å². The van der Waals surface area contributed by atoms with Crippen LogP contribution in [0.5, 0.6) is 0 Å². The third kappa shape index (κ3) is 4.37. The van der Waals surface area contributed by atoms with Gasteiger partial charge in [-0.25, -0.2) is 9.97 Å². The van der Waals surface area contributed by atoms with Gasteiger partial charge in [-0.05, 0) is 80.5 Å². The van der Waals surface area contributed by atoms with Crippen LogP contribution in [-0.4, -0.2) is 26.2 Å². The van der Waals surface area contributed by atoms with Gasteiger partial charge in [-0.1, -0.05) is 6.07 Å². The van der Waals surface area contributed by atoms with Crippen molar-refractivity contribution in [1.29, 1.82) is 0 Å². The molecule has 4 rings (SSSR count). The number of aromatic nitrogens is 2. The molecule has 3 aromatic rings. The average molecular weight is 424 g/mol. The number of carbonyl (C=O) groups is 1. The van der Waals surface area contributed by atoms with Gasteiger partial charge in [0.15, 0.2) is 0 Å². The van der Waals surface area contributed by atoms with Gasteiger partial charge in [0.05, 0.1) is 10.8 Å². The van der Waals surface area contributed by atoms with E-state index in [1.807, 2.05) is 26.0 Å². The lowest BCUT2D eigenvalue weighted by Crippen LogP contribution is -2.33. The average Bonchev–Trinajstić information content (AvgIpc) is 3.19. The summed E-state index contributed by atoms with van der Waals surface area (Å²) in [6.07, 6.45) is 5.38. The van der Waals surface area contributed by atoms with Gasteiger partial charge in [-0.2, -0.15) is 0 Å². The molecule has 0 amide bonds. The molecular formula is C23H25N3O3S. The van der Waals surface area contributed by atoms with E-state index in [0.717, 1.165) is 33.1 Å². The predicted molar refractivity (Wildman–Crippen MR) is 118 cm³/mol. The summed E-state index contributed by atoms with van der Waals surface area (Å²) >= 11 is 1.48. The Morgan fingerprint density at radius 2 is 1.90 bits per heavy atom. The lowest BCUT2D eigenvalue weighted by atomic mass is 9.79. The smallest absolute Gasteiger partial charge is 0.306 e. The van der Waals surface area contributed by atoms with E-state index in [1.165, 1.54) is 11.3 Å². The van der Waals surface area contributed by atoms with E-state index >= 15 is 0 Å². The molecule has 30 heavy (non-hydrogen) atoms. The highest BCUT2D eigenvalue weighted by molar-refractivity contribution is 7.15. The van der Waals surface area contributed by atoms with Crippen LogP contribution in [-0.2, 0) is 10.4 Å². The summed E-state index contributed by atoms with van der Waals surface area (Å²) in [5.41, 5.74) is 3.18. The Morgan fingerprint density at radius 1 is 1.13 bits per heavy atom. The minimum absolute atomic E-state index is 0.370. The Balaban J connectivity index is 1.56. The number of anilines is 2. The van der Waals surface area contributed by atoms with Crippen molar-refractivity contribution in [3.8, 4) is 10.4 Å². The normalized spacial score (nSPS) is 21.4. The fourth-order valence-electron chi connectivity index (χ4n) is 3.93. The Hall–Kier alpha value is -2.77. The van der Waals surface area contributed by atoms with E-state index in [9.17, 15) is 15.0 Å². The Kier molecular flexibility index (Phi) is 5.58. The van der Waals surface area contributed by atoms with E-state index in [-0.39, 0.29) is 5.92 Å². The molecule has 2 aromatic heterocycles. The molecule has 0 unspecified atom stereocenters. The van der Waals surface area contributed by atoms with Crippen LogP contribution < -0.4 is 5.32 Å². The minimum Gasteiger partial charge on any atom is -0.481 e. The number of thiazole rings is 1. The molecule has 0 spiro atoms. The van der Waals surface area contributed by atoms with E-state index in [2.05, 4.69) is 33.5 Å². The molecule has 0 bridgehead atoms. The number of pyridine rings is 1. The van der Waals surface area contributed by atoms with E-state index in [0.29, 0.717) is 30.7 Å². The molecule has 7 heteroatoms. The van der Waals surface area contributed by atoms with Gasteiger partial charge < -0.3 is 15.5 Å². The third-order valence-corrected chi connectivity index (χ3v) is 6.86. The van der Waals surface area contributed by atoms with Crippen molar-refractivity contribution < 1.29 is 15.0 Å². The van der Waals surface area contributed by atoms with Crippen LogP contribution in [0.1, 0.15) is 41.8 Å². The van der Waals surface area contributed by atoms with Crippen molar-refractivity contribution in [2.24, 2.45) is 5.92 Å². The van der Waals surface area contributed by atoms with Crippen molar-refractivity contribution in [3.05, 3.63) is 58.9 Å². The molecule has 156 valence electrons. The van der Waals surface area contributed by atoms with E-state index < -0.39 is 11.6 Å². The zero-order valence-electron chi connectivity index (χ0n) is 17.1. The largest absolute Gasteiger partial charge is 0.481 e. The first kappa shape index (κ1) is 20.5. The molecule has 1 aliphatic rings. The summed E-state index contributed by atoms with van der Waals surface area (Å²) < 4.78 is 0. The molecule has 0 saturated heterocycles. The third-order valence-electron chi connectivity index (χ3n) is 5.62.